The third-order valence-electron chi connectivity index (χ3n) is 2.29. The van der Waals surface area contributed by atoms with Crippen LogP contribution in [0.3, 0.4) is 0 Å². The lowest BCUT2D eigenvalue weighted by Crippen LogP contribution is -1.96. The Kier molecular flexibility index (Phi) is 4.99. The van der Waals surface area contributed by atoms with E-state index < -0.39 is 11.9 Å². The van der Waals surface area contributed by atoms with Gasteiger partial charge in [0.15, 0.2) is 0 Å². The van der Waals surface area contributed by atoms with Gasteiger partial charge in [-0.2, -0.15) is 0 Å². The standard InChI is InChI=1S/C10H10O4S4/c11-9(12)7-5(1-3-15-7)17-18-6-2-4-16-8(6)10(13)14/h1-4H2,(H,11,12)(H,13,14). The molecule has 0 aromatic carbocycles. The van der Waals surface area contributed by atoms with Crippen LogP contribution in [-0.4, -0.2) is 33.7 Å². The Hall–Kier alpha value is -0.180. The van der Waals surface area contributed by atoms with Crippen molar-refractivity contribution in [1.82, 2.24) is 0 Å². The van der Waals surface area contributed by atoms with Crippen LogP contribution in [0.4, 0.5) is 0 Å². The summed E-state index contributed by atoms with van der Waals surface area (Å²) in [6.45, 7) is 0. The third-order valence-corrected chi connectivity index (χ3v) is 7.54. The molecule has 0 aromatic rings. The molecule has 2 N–H and O–H groups in total. The topological polar surface area (TPSA) is 74.6 Å². The zero-order chi connectivity index (χ0) is 13.1. The van der Waals surface area contributed by atoms with E-state index in [2.05, 4.69) is 0 Å². The fourth-order valence-corrected chi connectivity index (χ4v) is 6.97. The molecule has 0 saturated carbocycles. The number of hydrogen-bond donors (Lipinski definition) is 2. The number of hydrogen-bond acceptors (Lipinski definition) is 6. The highest BCUT2D eigenvalue weighted by Crippen LogP contribution is 2.50. The Morgan fingerprint density at radius 3 is 1.61 bits per heavy atom. The van der Waals surface area contributed by atoms with Gasteiger partial charge in [-0.1, -0.05) is 21.6 Å². The van der Waals surface area contributed by atoms with E-state index >= 15 is 0 Å². The molecule has 2 aliphatic rings. The summed E-state index contributed by atoms with van der Waals surface area (Å²) in [4.78, 5) is 24.5. The summed E-state index contributed by atoms with van der Waals surface area (Å²) in [5.74, 6) is -0.170. The van der Waals surface area contributed by atoms with Gasteiger partial charge >= 0.3 is 11.9 Å². The monoisotopic (exact) mass is 322 g/mol. The van der Waals surface area contributed by atoms with Gasteiger partial charge in [0.05, 0.1) is 0 Å². The minimum absolute atomic E-state index is 0.413. The summed E-state index contributed by atoms with van der Waals surface area (Å²) >= 11 is 2.71. The molecule has 2 heterocycles. The van der Waals surface area contributed by atoms with Crippen LogP contribution in [0, 0.1) is 0 Å². The van der Waals surface area contributed by atoms with Gasteiger partial charge in [-0.25, -0.2) is 9.59 Å². The van der Waals surface area contributed by atoms with Gasteiger partial charge in [0.2, 0.25) is 0 Å². The minimum Gasteiger partial charge on any atom is -0.477 e. The van der Waals surface area contributed by atoms with E-state index in [0.29, 0.717) is 9.81 Å². The minimum atomic E-state index is -0.881. The molecular weight excluding hydrogens is 312 g/mol. The number of carboxylic acids is 2. The van der Waals surface area contributed by atoms with Crippen LogP contribution in [0.2, 0.25) is 0 Å². The van der Waals surface area contributed by atoms with Crippen molar-refractivity contribution in [2.24, 2.45) is 0 Å². The first-order valence-electron chi connectivity index (χ1n) is 5.12. The zero-order valence-corrected chi connectivity index (χ0v) is 12.4. The van der Waals surface area contributed by atoms with Crippen molar-refractivity contribution < 1.29 is 19.8 Å². The largest absolute Gasteiger partial charge is 0.477 e. The van der Waals surface area contributed by atoms with E-state index in [9.17, 15) is 9.59 Å². The van der Waals surface area contributed by atoms with Crippen molar-refractivity contribution in [3.05, 3.63) is 19.6 Å². The maximum atomic E-state index is 11.0. The maximum absolute atomic E-state index is 11.0. The van der Waals surface area contributed by atoms with E-state index in [4.69, 9.17) is 10.2 Å². The lowest BCUT2D eigenvalue weighted by molar-refractivity contribution is -0.132. The molecule has 2 aliphatic heterocycles. The summed E-state index contributed by atoms with van der Waals surface area (Å²) in [5, 5.41) is 18.0. The lowest BCUT2D eigenvalue weighted by atomic mass is 10.4. The molecule has 4 nitrogen and oxygen atoms in total. The Bertz CT molecular complexity index is 413. The number of rotatable bonds is 5. The average Bonchev–Trinajstić information content (AvgIpc) is 2.94. The number of carboxylic acid groups (broad SMARTS) is 2. The van der Waals surface area contributed by atoms with Gasteiger partial charge in [0, 0.05) is 21.3 Å². The molecule has 8 heteroatoms. The van der Waals surface area contributed by atoms with E-state index in [0.717, 1.165) is 34.2 Å². The quantitative estimate of drug-likeness (QED) is 0.747. The maximum Gasteiger partial charge on any atom is 0.343 e. The van der Waals surface area contributed by atoms with Crippen LogP contribution < -0.4 is 0 Å². The molecule has 0 spiro atoms. The van der Waals surface area contributed by atoms with Crippen molar-refractivity contribution in [2.75, 3.05) is 11.5 Å². The Balaban J connectivity index is 2.04. The third kappa shape index (κ3) is 3.23. The first-order chi connectivity index (χ1) is 8.59. The summed E-state index contributed by atoms with van der Waals surface area (Å²) in [5.41, 5.74) is 0. The number of aliphatic carboxylic acids is 2. The first-order valence-corrected chi connectivity index (χ1v) is 9.24. The molecule has 0 aromatic heterocycles. The zero-order valence-electron chi connectivity index (χ0n) is 9.17. The number of allylic oxidation sites excluding steroid dienone is 2. The van der Waals surface area contributed by atoms with Crippen molar-refractivity contribution in [2.45, 2.75) is 12.8 Å². The smallest absolute Gasteiger partial charge is 0.343 e. The second-order valence-corrected chi connectivity index (χ2v) is 8.01. The molecular formula is C10H10O4S4. The molecule has 0 aliphatic carbocycles. The molecule has 0 fully saturated rings. The van der Waals surface area contributed by atoms with Crippen molar-refractivity contribution >= 4 is 57.1 Å². The van der Waals surface area contributed by atoms with Gasteiger partial charge in [-0.05, 0) is 12.8 Å². The van der Waals surface area contributed by atoms with Gasteiger partial charge in [-0.15, -0.1) is 23.5 Å². The van der Waals surface area contributed by atoms with Gasteiger partial charge in [0.25, 0.3) is 0 Å². The highest BCUT2D eigenvalue weighted by Gasteiger charge is 2.25. The molecule has 2 rings (SSSR count). The molecule has 0 saturated heterocycles. The van der Waals surface area contributed by atoms with Crippen LogP contribution in [0.1, 0.15) is 12.8 Å². The van der Waals surface area contributed by atoms with Crippen LogP contribution in [0.25, 0.3) is 0 Å². The molecule has 0 unspecified atom stereocenters. The van der Waals surface area contributed by atoms with E-state index in [1.807, 2.05) is 0 Å². The van der Waals surface area contributed by atoms with E-state index in [1.54, 1.807) is 0 Å². The summed E-state index contributed by atoms with van der Waals surface area (Å²) in [6.07, 6.45) is 1.51. The first kappa shape index (κ1) is 14.2. The van der Waals surface area contributed by atoms with Crippen LogP contribution in [-0.2, 0) is 9.59 Å². The Labute approximate surface area is 120 Å². The summed E-state index contributed by atoms with van der Waals surface area (Å²) < 4.78 is 0. The highest BCUT2D eigenvalue weighted by atomic mass is 33.1. The SMILES string of the molecule is O=C(O)C1=C(SSC2=C(C(=O)O)SCC2)CCS1. The predicted molar refractivity (Wildman–Crippen MR) is 78.7 cm³/mol. The van der Waals surface area contributed by atoms with Crippen molar-refractivity contribution in [1.29, 1.82) is 0 Å². The normalized spacial score (nSPS) is 19.8. The Morgan fingerprint density at radius 2 is 1.28 bits per heavy atom. The number of carbonyl (C=O) groups is 2. The molecule has 0 bridgehead atoms. The second kappa shape index (κ2) is 6.31. The van der Waals surface area contributed by atoms with Gasteiger partial charge < -0.3 is 10.2 Å². The summed E-state index contributed by atoms with van der Waals surface area (Å²) in [7, 11) is 2.80. The Morgan fingerprint density at radius 1 is 0.889 bits per heavy atom. The average molecular weight is 322 g/mol. The van der Waals surface area contributed by atoms with Crippen LogP contribution >= 0.6 is 45.1 Å². The fraction of sp³-hybridized carbons (Fsp3) is 0.400. The van der Waals surface area contributed by atoms with Crippen LogP contribution in [0.15, 0.2) is 19.6 Å². The molecule has 18 heavy (non-hydrogen) atoms. The van der Waals surface area contributed by atoms with Gasteiger partial charge in [-0.3, -0.25) is 0 Å². The van der Waals surface area contributed by atoms with E-state index in [-0.39, 0.29) is 0 Å². The molecule has 0 atom stereocenters. The molecule has 98 valence electrons. The van der Waals surface area contributed by atoms with Crippen molar-refractivity contribution in [3.8, 4) is 0 Å². The fourth-order valence-electron chi connectivity index (χ4n) is 1.50. The highest BCUT2D eigenvalue weighted by molar-refractivity contribution is 8.79. The lowest BCUT2D eigenvalue weighted by Gasteiger charge is -2.04. The molecule has 0 amide bonds. The van der Waals surface area contributed by atoms with Gasteiger partial charge in [0.1, 0.15) is 9.81 Å². The second-order valence-electron chi connectivity index (χ2n) is 3.48. The van der Waals surface area contributed by atoms with Crippen LogP contribution in [0.5, 0.6) is 0 Å². The van der Waals surface area contributed by atoms with E-state index in [1.165, 1.54) is 45.1 Å². The summed E-state index contributed by atoms with van der Waals surface area (Å²) in [6, 6.07) is 0. The number of thioether (sulfide) groups is 2. The molecule has 0 radical (unpaired) electrons. The van der Waals surface area contributed by atoms with Crippen molar-refractivity contribution in [3.63, 3.8) is 0 Å². The predicted octanol–water partition coefficient (Wildman–Crippen LogP) is 3.23.